The third-order valence-electron chi connectivity index (χ3n) is 4.13. The maximum atomic E-state index is 11.1. The van der Waals surface area contributed by atoms with Gasteiger partial charge in [-0.15, -0.1) is 0 Å². The number of halogens is 3. The largest absolute Gasteiger partial charge is 0.456 e. The van der Waals surface area contributed by atoms with Gasteiger partial charge >= 0.3 is 12.1 Å². The van der Waals surface area contributed by atoms with E-state index in [1.807, 2.05) is 27.9 Å². The van der Waals surface area contributed by atoms with Crippen molar-refractivity contribution in [2.75, 3.05) is 19.7 Å². The van der Waals surface area contributed by atoms with E-state index in [-0.39, 0.29) is 0 Å². The van der Waals surface area contributed by atoms with Crippen molar-refractivity contribution in [2.45, 2.75) is 46.3 Å². The molecule has 0 bridgehead atoms. The summed E-state index contributed by atoms with van der Waals surface area (Å²) in [5, 5.41) is 5.45. The molecule has 1 amide bonds. The molecular formula is C20H28F3N3O3. The lowest BCUT2D eigenvalue weighted by molar-refractivity contribution is -0.184. The van der Waals surface area contributed by atoms with Crippen LogP contribution in [0.4, 0.5) is 13.2 Å². The number of aromatic nitrogens is 2. The van der Waals surface area contributed by atoms with Gasteiger partial charge in [0.05, 0.1) is 11.7 Å². The molecule has 1 aliphatic heterocycles. The molecule has 6 nitrogen and oxygen atoms in total. The van der Waals surface area contributed by atoms with Crippen molar-refractivity contribution in [2.24, 2.45) is 5.92 Å². The third kappa shape index (κ3) is 9.96. The summed E-state index contributed by atoms with van der Waals surface area (Å²) in [5.41, 5.74) is 1.22. The number of carbonyl (C=O) groups is 2. The highest BCUT2D eigenvalue weighted by atomic mass is 19.4. The smallest absolute Gasteiger partial charge is 0.422 e. The van der Waals surface area contributed by atoms with E-state index in [4.69, 9.17) is 0 Å². The van der Waals surface area contributed by atoms with Crippen LogP contribution in [-0.2, 0) is 20.9 Å². The van der Waals surface area contributed by atoms with Gasteiger partial charge in [0.25, 0.3) is 0 Å². The Bertz CT molecular complexity index is 762. The summed E-state index contributed by atoms with van der Waals surface area (Å²) in [7, 11) is 0. The number of ether oxygens (including phenoxy) is 1. The van der Waals surface area contributed by atoms with Crippen LogP contribution in [0.3, 0.4) is 0 Å². The number of likely N-dealkylation sites (tertiary alicyclic amines) is 1. The van der Waals surface area contributed by atoms with Crippen LogP contribution in [0.1, 0.15) is 33.6 Å². The number of amides is 1. The summed E-state index contributed by atoms with van der Waals surface area (Å²) in [4.78, 5) is 21.9. The Morgan fingerprint density at radius 2 is 2.03 bits per heavy atom. The molecule has 29 heavy (non-hydrogen) atoms. The molecule has 3 rings (SSSR count). The Kier molecular flexibility index (Phi) is 10.2. The number of fused-ring (bicyclic) bond motifs is 1. The summed E-state index contributed by atoms with van der Waals surface area (Å²) in [6.45, 7) is 6.58. The lowest BCUT2D eigenvalue weighted by Gasteiger charge is -2.27. The Morgan fingerprint density at radius 1 is 1.34 bits per heavy atom. The predicted octanol–water partition coefficient (Wildman–Crippen LogP) is 4.04. The Morgan fingerprint density at radius 3 is 2.52 bits per heavy atom. The molecular weight excluding hydrogens is 387 g/mol. The Hall–Kier alpha value is -2.58. The highest BCUT2D eigenvalue weighted by Crippen LogP contribution is 2.14. The monoisotopic (exact) mass is 415 g/mol. The number of hydrogen-bond acceptors (Lipinski definition) is 4. The van der Waals surface area contributed by atoms with Crippen LogP contribution in [-0.4, -0.2) is 52.9 Å². The molecule has 0 saturated carbocycles. The van der Waals surface area contributed by atoms with Crippen LogP contribution in [0.2, 0.25) is 0 Å². The van der Waals surface area contributed by atoms with E-state index in [1.165, 1.54) is 23.7 Å². The standard InChI is InChI=1S/C9H10N2.C7H13NO.C4H5F3O2/c1-2-11-9-6-4-3-5-8(9)7-10-11;1-7-3-2-4-8(5-7)6-9;1-3(8)9-2-4(5,6)7/h3-7H,2H2,1H3;6-7H,2-5H2,1H3;2H2,1H3. The molecule has 1 atom stereocenters. The Labute approximate surface area is 168 Å². The fraction of sp³-hybridized carbons (Fsp3) is 0.550. The molecule has 0 spiro atoms. The van der Waals surface area contributed by atoms with Gasteiger partial charge in [-0.3, -0.25) is 14.3 Å². The lowest BCUT2D eigenvalue weighted by atomic mass is 10.0. The molecule has 1 aromatic heterocycles. The van der Waals surface area contributed by atoms with E-state index in [0.717, 1.165) is 33.0 Å². The molecule has 2 heterocycles. The van der Waals surface area contributed by atoms with E-state index in [2.05, 4.69) is 35.8 Å². The zero-order valence-corrected chi connectivity index (χ0v) is 17.0. The van der Waals surface area contributed by atoms with Crippen molar-refractivity contribution < 1.29 is 27.5 Å². The molecule has 1 saturated heterocycles. The van der Waals surface area contributed by atoms with Crippen LogP contribution in [0.5, 0.6) is 0 Å². The number of rotatable bonds is 3. The fourth-order valence-corrected chi connectivity index (χ4v) is 2.78. The number of esters is 1. The number of para-hydroxylation sites is 1. The molecule has 2 aromatic rings. The summed E-state index contributed by atoms with van der Waals surface area (Å²) in [5.74, 6) is -0.212. The van der Waals surface area contributed by atoms with Crippen molar-refractivity contribution in [3.8, 4) is 0 Å². The normalized spacial score (nSPS) is 16.2. The molecule has 0 aliphatic carbocycles. The van der Waals surface area contributed by atoms with Gasteiger partial charge in [0.1, 0.15) is 0 Å². The lowest BCUT2D eigenvalue weighted by Crippen LogP contribution is -2.32. The number of benzene rings is 1. The number of piperidine rings is 1. The van der Waals surface area contributed by atoms with Crippen molar-refractivity contribution >= 4 is 23.3 Å². The number of carbonyl (C=O) groups excluding carboxylic acids is 2. The Balaban J connectivity index is 0.000000220. The predicted molar refractivity (Wildman–Crippen MR) is 104 cm³/mol. The number of hydrogen-bond donors (Lipinski definition) is 0. The average molecular weight is 415 g/mol. The first-order chi connectivity index (χ1) is 13.7. The summed E-state index contributed by atoms with van der Waals surface area (Å²) in [6.07, 6.45) is 0.907. The quantitative estimate of drug-likeness (QED) is 0.561. The van der Waals surface area contributed by atoms with Crippen molar-refractivity contribution in [1.82, 2.24) is 14.7 Å². The SMILES string of the molecule is CC(=O)OCC(F)(F)F.CC1CCCN(C=O)C1.CCn1ncc2ccccc21. The van der Waals surface area contributed by atoms with E-state index in [1.54, 1.807) is 0 Å². The molecule has 1 fully saturated rings. The highest BCUT2D eigenvalue weighted by molar-refractivity contribution is 5.78. The minimum atomic E-state index is -4.41. The number of alkyl halides is 3. The molecule has 1 unspecified atom stereocenters. The summed E-state index contributed by atoms with van der Waals surface area (Å²) < 4.78 is 39.1. The van der Waals surface area contributed by atoms with Crippen LogP contribution in [0.15, 0.2) is 30.5 Å². The van der Waals surface area contributed by atoms with E-state index >= 15 is 0 Å². The van der Waals surface area contributed by atoms with Gasteiger partial charge in [-0.2, -0.15) is 18.3 Å². The molecule has 0 N–H and O–H groups in total. The molecule has 162 valence electrons. The number of nitrogens with zero attached hydrogens (tertiary/aromatic N) is 3. The number of aryl methyl sites for hydroxylation is 1. The van der Waals surface area contributed by atoms with E-state index in [9.17, 15) is 22.8 Å². The van der Waals surface area contributed by atoms with Crippen LogP contribution in [0.25, 0.3) is 10.9 Å². The van der Waals surface area contributed by atoms with Crippen LogP contribution in [0, 0.1) is 5.92 Å². The van der Waals surface area contributed by atoms with E-state index < -0.39 is 18.8 Å². The second kappa shape index (κ2) is 12.1. The average Bonchev–Trinajstić information content (AvgIpc) is 3.10. The minimum absolute atomic E-state index is 0.712. The molecule has 9 heteroatoms. The van der Waals surface area contributed by atoms with Gasteiger partial charge in [-0.25, -0.2) is 0 Å². The van der Waals surface area contributed by atoms with Gasteiger partial charge in [0.15, 0.2) is 6.61 Å². The van der Waals surface area contributed by atoms with Gasteiger partial charge < -0.3 is 9.64 Å². The van der Waals surface area contributed by atoms with Gasteiger partial charge in [-0.1, -0.05) is 25.1 Å². The van der Waals surface area contributed by atoms with Gasteiger partial charge in [0, 0.05) is 31.9 Å². The van der Waals surface area contributed by atoms with Crippen molar-refractivity contribution in [1.29, 1.82) is 0 Å². The molecule has 1 aromatic carbocycles. The molecule has 0 radical (unpaired) electrons. The maximum absolute atomic E-state index is 11.1. The zero-order chi connectivity index (χ0) is 21.9. The molecule has 1 aliphatic rings. The second-order valence-corrected chi connectivity index (χ2v) is 6.76. The second-order valence-electron chi connectivity index (χ2n) is 6.76. The maximum Gasteiger partial charge on any atom is 0.422 e. The van der Waals surface area contributed by atoms with Gasteiger partial charge in [0.2, 0.25) is 6.41 Å². The van der Waals surface area contributed by atoms with Gasteiger partial charge in [-0.05, 0) is 31.7 Å². The summed E-state index contributed by atoms with van der Waals surface area (Å²) >= 11 is 0. The first kappa shape index (κ1) is 24.5. The topological polar surface area (TPSA) is 64.4 Å². The van der Waals surface area contributed by atoms with E-state index in [0.29, 0.717) is 5.92 Å². The zero-order valence-electron chi connectivity index (χ0n) is 17.0. The third-order valence-corrected chi connectivity index (χ3v) is 4.13. The highest BCUT2D eigenvalue weighted by Gasteiger charge is 2.28. The first-order valence-corrected chi connectivity index (χ1v) is 9.46. The first-order valence-electron chi connectivity index (χ1n) is 9.46. The van der Waals surface area contributed by atoms with Crippen LogP contribution >= 0.6 is 0 Å². The van der Waals surface area contributed by atoms with Crippen LogP contribution < -0.4 is 0 Å². The summed E-state index contributed by atoms with van der Waals surface area (Å²) in [6, 6.07) is 8.24. The van der Waals surface area contributed by atoms with Crippen molar-refractivity contribution in [3.63, 3.8) is 0 Å². The van der Waals surface area contributed by atoms with Crippen molar-refractivity contribution in [3.05, 3.63) is 30.5 Å². The fourth-order valence-electron chi connectivity index (χ4n) is 2.78. The minimum Gasteiger partial charge on any atom is -0.456 e.